The highest BCUT2D eigenvalue weighted by atomic mass is 16.5. The number of hydrogen-bond donors (Lipinski definition) is 3. The average Bonchev–Trinajstić information content (AvgIpc) is 1.98. The summed E-state index contributed by atoms with van der Waals surface area (Å²) < 4.78 is 5.13. The second-order valence-electron chi connectivity index (χ2n) is 2.84. The molecule has 3 atom stereocenters. The Morgan fingerprint density at radius 2 is 2.00 bits per heavy atom. The molecule has 0 aromatic carbocycles. The van der Waals surface area contributed by atoms with E-state index >= 15 is 0 Å². The van der Waals surface area contributed by atoms with Crippen LogP contribution >= 0.6 is 0 Å². The smallest absolute Gasteiger partial charge is 0.103 e. The van der Waals surface area contributed by atoms with Gasteiger partial charge in [0.2, 0.25) is 0 Å². The molecule has 66 valence electrons. The Morgan fingerprint density at radius 3 is 2.55 bits per heavy atom. The standard InChI is InChI=1S/C7H14O4/c8-2-1-5-3-6(9)7(10)4-11-5/h5-10H,1-4H2. The molecule has 0 radical (unpaired) electrons. The summed E-state index contributed by atoms with van der Waals surface area (Å²) in [6, 6.07) is 0. The summed E-state index contributed by atoms with van der Waals surface area (Å²) in [4.78, 5) is 0. The molecule has 0 aromatic rings. The fourth-order valence-corrected chi connectivity index (χ4v) is 1.19. The van der Waals surface area contributed by atoms with Crippen molar-refractivity contribution in [1.82, 2.24) is 0 Å². The molecule has 0 amide bonds. The van der Waals surface area contributed by atoms with Crippen molar-refractivity contribution in [2.45, 2.75) is 31.2 Å². The zero-order valence-electron chi connectivity index (χ0n) is 6.31. The minimum Gasteiger partial charge on any atom is -0.396 e. The van der Waals surface area contributed by atoms with Crippen molar-refractivity contribution in [2.24, 2.45) is 0 Å². The van der Waals surface area contributed by atoms with Gasteiger partial charge in [-0.2, -0.15) is 0 Å². The maximum absolute atomic E-state index is 9.16. The predicted octanol–water partition coefficient (Wildman–Crippen LogP) is -1.12. The Balaban J connectivity index is 2.28. The van der Waals surface area contributed by atoms with Crippen molar-refractivity contribution in [3.05, 3.63) is 0 Å². The molecule has 1 aliphatic rings. The van der Waals surface area contributed by atoms with Gasteiger partial charge in [-0.3, -0.25) is 0 Å². The number of ether oxygens (including phenoxy) is 1. The second kappa shape index (κ2) is 4.01. The molecule has 1 saturated heterocycles. The summed E-state index contributed by atoms with van der Waals surface area (Å²) in [6.07, 6.45) is -0.602. The van der Waals surface area contributed by atoms with Crippen LogP contribution in [0.2, 0.25) is 0 Å². The van der Waals surface area contributed by atoms with E-state index < -0.39 is 12.2 Å². The van der Waals surface area contributed by atoms with E-state index in [0.29, 0.717) is 12.8 Å². The van der Waals surface area contributed by atoms with E-state index in [9.17, 15) is 0 Å². The molecule has 0 aliphatic carbocycles. The third-order valence-corrected chi connectivity index (χ3v) is 1.90. The fraction of sp³-hybridized carbons (Fsp3) is 1.00. The molecule has 4 heteroatoms. The van der Waals surface area contributed by atoms with Gasteiger partial charge in [-0.1, -0.05) is 0 Å². The zero-order valence-corrected chi connectivity index (χ0v) is 6.31. The van der Waals surface area contributed by atoms with Gasteiger partial charge in [0, 0.05) is 13.0 Å². The van der Waals surface area contributed by atoms with E-state index in [4.69, 9.17) is 20.1 Å². The molecular formula is C7H14O4. The molecule has 1 fully saturated rings. The van der Waals surface area contributed by atoms with Crippen LogP contribution in [-0.4, -0.2) is 46.8 Å². The van der Waals surface area contributed by atoms with Crippen molar-refractivity contribution in [2.75, 3.05) is 13.2 Å². The summed E-state index contributed by atoms with van der Waals surface area (Å²) in [5, 5.41) is 26.7. The lowest BCUT2D eigenvalue weighted by atomic mass is 10.0. The lowest BCUT2D eigenvalue weighted by Crippen LogP contribution is -2.41. The van der Waals surface area contributed by atoms with Gasteiger partial charge in [0.25, 0.3) is 0 Å². The first kappa shape index (κ1) is 8.93. The van der Waals surface area contributed by atoms with Gasteiger partial charge in [-0.25, -0.2) is 0 Å². The van der Waals surface area contributed by atoms with Crippen molar-refractivity contribution < 1.29 is 20.1 Å². The van der Waals surface area contributed by atoms with Crippen LogP contribution < -0.4 is 0 Å². The van der Waals surface area contributed by atoms with Crippen LogP contribution in [0.3, 0.4) is 0 Å². The van der Waals surface area contributed by atoms with Gasteiger partial charge in [-0.15, -0.1) is 0 Å². The van der Waals surface area contributed by atoms with Gasteiger partial charge in [0.1, 0.15) is 6.10 Å². The molecular weight excluding hydrogens is 148 g/mol. The Morgan fingerprint density at radius 1 is 1.27 bits per heavy atom. The highest BCUT2D eigenvalue weighted by Gasteiger charge is 2.27. The Labute approximate surface area is 65.4 Å². The fourth-order valence-electron chi connectivity index (χ4n) is 1.19. The van der Waals surface area contributed by atoms with Crippen LogP contribution in [0.4, 0.5) is 0 Å². The molecule has 4 nitrogen and oxygen atoms in total. The maximum Gasteiger partial charge on any atom is 0.103 e. The van der Waals surface area contributed by atoms with Crippen LogP contribution in [0.15, 0.2) is 0 Å². The first-order valence-electron chi connectivity index (χ1n) is 3.82. The molecule has 0 spiro atoms. The molecule has 1 heterocycles. The summed E-state index contributed by atoms with van der Waals surface area (Å²) in [5.74, 6) is 0. The Hall–Kier alpha value is -0.160. The predicted molar refractivity (Wildman–Crippen MR) is 38.1 cm³/mol. The largest absolute Gasteiger partial charge is 0.396 e. The number of aliphatic hydroxyl groups excluding tert-OH is 3. The highest BCUT2D eigenvalue weighted by Crippen LogP contribution is 2.16. The zero-order chi connectivity index (χ0) is 8.27. The van der Waals surface area contributed by atoms with Gasteiger partial charge in [-0.05, 0) is 6.42 Å². The number of aliphatic hydroxyl groups is 3. The van der Waals surface area contributed by atoms with Crippen LogP contribution in [0.25, 0.3) is 0 Å². The van der Waals surface area contributed by atoms with Crippen molar-refractivity contribution in [1.29, 1.82) is 0 Å². The summed E-state index contributed by atoms with van der Waals surface area (Å²) in [7, 11) is 0. The van der Waals surface area contributed by atoms with E-state index in [1.165, 1.54) is 0 Å². The molecule has 0 bridgehead atoms. The quantitative estimate of drug-likeness (QED) is 0.481. The minimum absolute atomic E-state index is 0.0630. The summed E-state index contributed by atoms with van der Waals surface area (Å²) in [5.41, 5.74) is 0. The van der Waals surface area contributed by atoms with Gasteiger partial charge in [0.15, 0.2) is 0 Å². The van der Waals surface area contributed by atoms with E-state index in [1.54, 1.807) is 0 Å². The van der Waals surface area contributed by atoms with Crippen molar-refractivity contribution in [3.63, 3.8) is 0 Å². The molecule has 3 unspecified atom stereocenters. The number of rotatable bonds is 2. The first-order chi connectivity index (χ1) is 5.24. The van der Waals surface area contributed by atoms with Crippen molar-refractivity contribution >= 4 is 0 Å². The third kappa shape index (κ3) is 2.41. The van der Waals surface area contributed by atoms with E-state index in [-0.39, 0.29) is 19.3 Å². The first-order valence-corrected chi connectivity index (χ1v) is 3.82. The topological polar surface area (TPSA) is 69.9 Å². The molecule has 1 rings (SSSR count). The third-order valence-electron chi connectivity index (χ3n) is 1.90. The van der Waals surface area contributed by atoms with Crippen LogP contribution in [-0.2, 0) is 4.74 Å². The maximum atomic E-state index is 9.16. The molecule has 1 aliphatic heterocycles. The van der Waals surface area contributed by atoms with Gasteiger partial charge in [0.05, 0.1) is 18.8 Å². The summed E-state index contributed by atoms with van der Waals surface area (Å²) >= 11 is 0. The lowest BCUT2D eigenvalue weighted by molar-refractivity contribution is -0.124. The normalized spacial score (nSPS) is 39.0. The Kier molecular flexibility index (Phi) is 3.26. The van der Waals surface area contributed by atoms with Gasteiger partial charge >= 0.3 is 0 Å². The van der Waals surface area contributed by atoms with E-state index in [2.05, 4.69) is 0 Å². The van der Waals surface area contributed by atoms with Gasteiger partial charge < -0.3 is 20.1 Å². The van der Waals surface area contributed by atoms with Crippen LogP contribution in [0, 0.1) is 0 Å². The minimum atomic E-state index is -0.759. The molecule has 0 aromatic heterocycles. The summed E-state index contributed by atoms with van der Waals surface area (Å²) in [6.45, 7) is 0.235. The molecule has 3 N–H and O–H groups in total. The lowest BCUT2D eigenvalue weighted by Gasteiger charge is -2.29. The highest BCUT2D eigenvalue weighted by molar-refractivity contribution is 4.77. The van der Waals surface area contributed by atoms with E-state index in [1.807, 2.05) is 0 Å². The second-order valence-corrected chi connectivity index (χ2v) is 2.84. The van der Waals surface area contributed by atoms with Crippen LogP contribution in [0.5, 0.6) is 0 Å². The average molecular weight is 162 g/mol. The molecule has 11 heavy (non-hydrogen) atoms. The van der Waals surface area contributed by atoms with E-state index in [0.717, 1.165) is 0 Å². The molecule has 0 saturated carbocycles. The Bertz CT molecular complexity index is 117. The number of hydrogen-bond acceptors (Lipinski definition) is 4. The SMILES string of the molecule is OCCC1CC(O)C(O)CO1. The van der Waals surface area contributed by atoms with Crippen LogP contribution in [0.1, 0.15) is 12.8 Å². The van der Waals surface area contributed by atoms with Crippen molar-refractivity contribution in [3.8, 4) is 0 Å². The monoisotopic (exact) mass is 162 g/mol.